The molecule has 0 radical (unpaired) electrons. The molecule has 0 atom stereocenters. The Bertz CT molecular complexity index is 427. The molecule has 0 aromatic heterocycles. The number of nitrogens with two attached hydrogens (primary N) is 1. The molecule has 4 nitrogen and oxygen atoms in total. The normalized spacial score (nSPS) is 11.2. The van der Waals surface area contributed by atoms with Crippen molar-refractivity contribution in [2.45, 2.75) is 32.9 Å². The maximum Gasteiger partial charge on any atom is 0.258 e. The first-order valence-corrected chi connectivity index (χ1v) is 6.53. The van der Waals surface area contributed by atoms with Gasteiger partial charge >= 0.3 is 0 Å². The Morgan fingerprint density at radius 2 is 2.11 bits per heavy atom. The lowest BCUT2D eigenvalue weighted by molar-refractivity contribution is -0.124. The summed E-state index contributed by atoms with van der Waals surface area (Å²) in [5.74, 6) is 0.494. The number of benzene rings is 1. The van der Waals surface area contributed by atoms with Gasteiger partial charge in [0.15, 0.2) is 6.61 Å². The van der Waals surface area contributed by atoms with Crippen LogP contribution in [0.3, 0.4) is 0 Å². The minimum Gasteiger partial charge on any atom is -0.483 e. The van der Waals surface area contributed by atoms with E-state index in [1.54, 1.807) is 6.07 Å². The highest BCUT2D eigenvalue weighted by Gasteiger charge is 2.14. The molecule has 0 spiro atoms. The van der Waals surface area contributed by atoms with Gasteiger partial charge in [-0.25, -0.2) is 0 Å². The average Bonchev–Trinajstić information content (AvgIpc) is 2.25. The SMILES string of the molecule is CC(C)(C)NC(=O)COc1ccc(CN)cc1Br. The van der Waals surface area contributed by atoms with Gasteiger partial charge in [0.2, 0.25) is 0 Å². The molecule has 1 rings (SSSR count). The van der Waals surface area contributed by atoms with Gasteiger partial charge in [0.25, 0.3) is 5.91 Å². The van der Waals surface area contributed by atoms with Crippen LogP contribution < -0.4 is 15.8 Å². The highest BCUT2D eigenvalue weighted by Crippen LogP contribution is 2.25. The molecular weight excluding hydrogens is 296 g/mol. The molecule has 100 valence electrons. The van der Waals surface area contributed by atoms with Gasteiger partial charge in [0.05, 0.1) is 4.47 Å². The van der Waals surface area contributed by atoms with Crippen molar-refractivity contribution in [3.63, 3.8) is 0 Å². The van der Waals surface area contributed by atoms with Crippen LogP contribution in [0.5, 0.6) is 5.75 Å². The molecule has 0 aliphatic rings. The van der Waals surface area contributed by atoms with Crippen molar-refractivity contribution in [2.75, 3.05) is 6.61 Å². The van der Waals surface area contributed by atoms with Gasteiger partial charge in [-0.2, -0.15) is 0 Å². The fourth-order valence-corrected chi connectivity index (χ4v) is 1.93. The largest absolute Gasteiger partial charge is 0.483 e. The zero-order chi connectivity index (χ0) is 13.8. The van der Waals surface area contributed by atoms with Crippen LogP contribution >= 0.6 is 15.9 Å². The number of ether oxygens (including phenoxy) is 1. The first kappa shape index (κ1) is 15.0. The predicted octanol–water partition coefficient (Wildman–Crippen LogP) is 2.20. The molecule has 0 bridgehead atoms. The maximum atomic E-state index is 11.6. The van der Waals surface area contributed by atoms with Crippen LogP contribution in [0.15, 0.2) is 22.7 Å². The van der Waals surface area contributed by atoms with Crippen molar-refractivity contribution in [3.05, 3.63) is 28.2 Å². The van der Waals surface area contributed by atoms with E-state index in [2.05, 4.69) is 21.2 Å². The molecule has 1 aromatic carbocycles. The van der Waals surface area contributed by atoms with E-state index in [0.29, 0.717) is 12.3 Å². The van der Waals surface area contributed by atoms with Gasteiger partial charge in [0.1, 0.15) is 5.75 Å². The second-order valence-corrected chi connectivity index (χ2v) is 5.91. The van der Waals surface area contributed by atoms with Crippen molar-refractivity contribution in [2.24, 2.45) is 5.73 Å². The summed E-state index contributed by atoms with van der Waals surface area (Å²) in [6, 6.07) is 5.56. The fourth-order valence-electron chi connectivity index (χ4n) is 1.39. The van der Waals surface area contributed by atoms with Gasteiger partial charge in [-0.15, -0.1) is 0 Å². The molecule has 1 amide bonds. The highest BCUT2D eigenvalue weighted by molar-refractivity contribution is 9.10. The lowest BCUT2D eigenvalue weighted by atomic mass is 10.1. The number of nitrogens with one attached hydrogen (secondary N) is 1. The molecule has 0 aliphatic heterocycles. The molecule has 0 heterocycles. The summed E-state index contributed by atoms with van der Waals surface area (Å²) >= 11 is 3.39. The second-order valence-electron chi connectivity index (χ2n) is 5.06. The number of hydrogen-bond acceptors (Lipinski definition) is 3. The highest BCUT2D eigenvalue weighted by atomic mass is 79.9. The zero-order valence-electron chi connectivity index (χ0n) is 10.9. The third-order valence-corrected chi connectivity index (χ3v) is 2.72. The van der Waals surface area contributed by atoms with Gasteiger partial charge in [0, 0.05) is 12.1 Å². The lowest BCUT2D eigenvalue weighted by Gasteiger charge is -2.20. The van der Waals surface area contributed by atoms with E-state index in [0.717, 1.165) is 10.0 Å². The molecule has 0 aliphatic carbocycles. The number of hydrogen-bond donors (Lipinski definition) is 2. The summed E-state index contributed by atoms with van der Waals surface area (Å²) in [6.45, 7) is 6.26. The van der Waals surface area contributed by atoms with E-state index in [9.17, 15) is 4.79 Å². The fraction of sp³-hybridized carbons (Fsp3) is 0.462. The van der Waals surface area contributed by atoms with E-state index in [4.69, 9.17) is 10.5 Å². The minimum atomic E-state index is -0.249. The molecule has 3 N–H and O–H groups in total. The van der Waals surface area contributed by atoms with Crippen LogP contribution in [-0.4, -0.2) is 18.1 Å². The monoisotopic (exact) mass is 314 g/mol. The molecule has 0 unspecified atom stereocenters. The van der Waals surface area contributed by atoms with E-state index >= 15 is 0 Å². The van der Waals surface area contributed by atoms with E-state index in [-0.39, 0.29) is 18.1 Å². The van der Waals surface area contributed by atoms with E-state index in [1.165, 1.54) is 0 Å². The summed E-state index contributed by atoms with van der Waals surface area (Å²) in [7, 11) is 0. The number of halogens is 1. The Morgan fingerprint density at radius 1 is 1.44 bits per heavy atom. The average molecular weight is 315 g/mol. The molecule has 0 saturated heterocycles. The third kappa shape index (κ3) is 5.06. The first-order valence-electron chi connectivity index (χ1n) is 5.74. The van der Waals surface area contributed by atoms with Crippen molar-refractivity contribution in [1.29, 1.82) is 0 Å². The molecular formula is C13H19BrN2O2. The summed E-state index contributed by atoms with van der Waals surface area (Å²) in [4.78, 5) is 11.6. The van der Waals surface area contributed by atoms with E-state index < -0.39 is 0 Å². The zero-order valence-corrected chi connectivity index (χ0v) is 12.5. The van der Waals surface area contributed by atoms with Crippen LogP contribution in [-0.2, 0) is 11.3 Å². The van der Waals surface area contributed by atoms with Gasteiger partial charge in [-0.05, 0) is 54.4 Å². The first-order chi connectivity index (χ1) is 8.31. The van der Waals surface area contributed by atoms with Gasteiger partial charge in [-0.3, -0.25) is 4.79 Å². The summed E-state index contributed by atoms with van der Waals surface area (Å²) in [5.41, 5.74) is 6.29. The number of carbonyl (C=O) groups is 1. The number of rotatable bonds is 4. The van der Waals surface area contributed by atoms with Gasteiger partial charge < -0.3 is 15.8 Å². The second kappa shape index (κ2) is 6.20. The summed E-state index contributed by atoms with van der Waals surface area (Å²) in [5, 5.41) is 2.83. The topological polar surface area (TPSA) is 64.3 Å². The van der Waals surface area contributed by atoms with Crippen molar-refractivity contribution < 1.29 is 9.53 Å². The van der Waals surface area contributed by atoms with Crippen LogP contribution in [0, 0.1) is 0 Å². The standard InChI is InChI=1S/C13H19BrN2O2/c1-13(2,3)16-12(17)8-18-11-5-4-9(7-15)6-10(11)14/h4-6H,7-8,15H2,1-3H3,(H,16,17). The van der Waals surface area contributed by atoms with Crippen molar-refractivity contribution in [1.82, 2.24) is 5.32 Å². The minimum absolute atomic E-state index is 0.00214. The predicted molar refractivity (Wildman–Crippen MR) is 75.4 cm³/mol. The molecule has 18 heavy (non-hydrogen) atoms. The maximum absolute atomic E-state index is 11.6. The Labute approximate surface area is 116 Å². The molecule has 0 fully saturated rings. The third-order valence-electron chi connectivity index (χ3n) is 2.11. The number of carbonyl (C=O) groups excluding carboxylic acids is 1. The summed E-state index contributed by atoms with van der Waals surface area (Å²) < 4.78 is 6.24. The van der Waals surface area contributed by atoms with Crippen LogP contribution in [0.4, 0.5) is 0 Å². The Kier molecular flexibility index (Phi) is 5.16. The Hall–Kier alpha value is -1.07. The smallest absolute Gasteiger partial charge is 0.258 e. The van der Waals surface area contributed by atoms with Crippen LogP contribution in [0.1, 0.15) is 26.3 Å². The van der Waals surface area contributed by atoms with Crippen LogP contribution in [0.25, 0.3) is 0 Å². The van der Waals surface area contributed by atoms with E-state index in [1.807, 2.05) is 32.9 Å². The Morgan fingerprint density at radius 3 is 2.61 bits per heavy atom. The molecule has 5 heteroatoms. The van der Waals surface area contributed by atoms with Crippen LogP contribution in [0.2, 0.25) is 0 Å². The van der Waals surface area contributed by atoms with Crippen molar-refractivity contribution in [3.8, 4) is 5.75 Å². The Balaban J connectivity index is 2.56. The van der Waals surface area contributed by atoms with Crippen molar-refractivity contribution >= 4 is 21.8 Å². The van der Waals surface area contributed by atoms with Gasteiger partial charge in [-0.1, -0.05) is 6.07 Å². The molecule has 0 saturated carbocycles. The number of amides is 1. The lowest BCUT2D eigenvalue weighted by Crippen LogP contribution is -2.43. The quantitative estimate of drug-likeness (QED) is 0.895. The summed E-state index contributed by atoms with van der Waals surface area (Å²) in [6.07, 6.45) is 0. The molecule has 1 aromatic rings.